The highest BCUT2D eigenvalue weighted by molar-refractivity contribution is 4.60. The summed E-state index contributed by atoms with van der Waals surface area (Å²) < 4.78 is 1.50. The van der Waals surface area contributed by atoms with Gasteiger partial charge in [-0.2, -0.15) is 0 Å². The van der Waals surface area contributed by atoms with Crippen molar-refractivity contribution < 1.29 is 28.5 Å². The summed E-state index contributed by atoms with van der Waals surface area (Å²) in [7, 11) is 0. The summed E-state index contributed by atoms with van der Waals surface area (Å²) in [5.74, 6) is 0. The molecule has 0 bridgehead atoms. The van der Waals surface area contributed by atoms with Gasteiger partial charge in [-0.15, -0.1) is 0 Å². The molecule has 0 radical (unpaired) electrons. The Hall–Kier alpha value is 0.690. The van der Waals surface area contributed by atoms with Crippen LogP contribution in [-0.2, 0) is 0 Å². The van der Waals surface area contributed by atoms with Gasteiger partial charge in [0.05, 0.1) is 26.2 Å². The lowest BCUT2D eigenvalue weighted by Gasteiger charge is -2.27. The molecule has 10 heavy (non-hydrogen) atoms. The van der Waals surface area contributed by atoms with E-state index in [1.165, 1.54) is 56.3 Å². The molecule has 2 heteroatoms. The zero-order chi connectivity index (χ0) is 6.16. The minimum atomic E-state index is 0. The van der Waals surface area contributed by atoms with Crippen molar-refractivity contribution in [2.45, 2.75) is 25.7 Å². The molecular formula is C8H16IN. The second-order valence-corrected chi connectivity index (χ2v) is 3.65. The lowest BCUT2D eigenvalue weighted by Crippen LogP contribution is -3.00. The minimum Gasteiger partial charge on any atom is -1.00 e. The highest BCUT2D eigenvalue weighted by Crippen LogP contribution is 2.25. The number of quaternary nitrogens is 1. The van der Waals surface area contributed by atoms with E-state index in [0.717, 1.165) is 0 Å². The van der Waals surface area contributed by atoms with Gasteiger partial charge in [0.2, 0.25) is 0 Å². The molecule has 0 amide bonds. The van der Waals surface area contributed by atoms with E-state index in [-0.39, 0.29) is 24.0 Å². The van der Waals surface area contributed by atoms with Gasteiger partial charge in [0, 0.05) is 25.7 Å². The lowest BCUT2D eigenvalue weighted by molar-refractivity contribution is -0.904. The van der Waals surface area contributed by atoms with E-state index in [4.69, 9.17) is 0 Å². The van der Waals surface area contributed by atoms with E-state index in [9.17, 15) is 0 Å². The molecule has 2 heterocycles. The maximum absolute atomic E-state index is 1.50. The van der Waals surface area contributed by atoms with Gasteiger partial charge in [0.25, 0.3) is 0 Å². The first-order chi connectivity index (χ1) is 4.41. The zero-order valence-electron chi connectivity index (χ0n) is 6.48. The van der Waals surface area contributed by atoms with Crippen LogP contribution in [0.2, 0.25) is 0 Å². The summed E-state index contributed by atoms with van der Waals surface area (Å²) in [5.41, 5.74) is 0. The fourth-order valence-electron chi connectivity index (χ4n) is 2.46. The smallest absolute Gasteiger partial charge is 0.0788 e. The second-order valence-electron chi connectivity index (χ2n) is 3.65. The minimum absolute atomic E-state index is 0. The summed E-state index contributed by atoms with van der Waals surface area (Å²) in [6.07, 6.45) is 6.00. The van der Waals surface area contributed by atoms with E-state index in [1.54, 1.807) is 0 Å². The van der Waals surface area contributed by atoms with Crippen LogP contribution in [0.4, 0.5) is 0 Å². The number of halogens is 1. The van der Waals surface area contributed by atoms with Gasteiger partial charge in [-0.05, 0) is 0 Å². The van der Waals surface area contributed by atoms with Gasteiger partial charge in [0.15, 0.2) is 0 Å². The van der Waals surface area contributed by atoms with Gasteiger partial charge >= 0.3 is 0 Å². The molecular weight excluding hydrogens is 237 g/mol. The van der Waals surface area contributed by atoms with Crippen molar-refractivity contribution in [1.82, 2.24) is 0 Å². The van der Waals surface area contributed by atoms with E-state index in [0.29, 0.717) is 0 Å². The molecule has 0 aromatic rings. The molecule has 1 nitrogen and oxygen atoms in total. The van der Waals surface area contributed by atoms with Crippen molar-refractivity contribution in [3.63, 3.8) is 0 Å². The molecule has 0 saturated carbocycles. The van der Waals surface area contributed by atoms with Crippen LogP contribution in [0.25, 0.3) is 0 Å². The SMILES string of the molecule is C1CC[N+]2(C1)CCCC2.[I-]. The Morgan fingerprint density at radius 2 is 0.900 bits per heavy atom. The van der Waals surface area contributed by atoms with Crippen LogP contribution in [0.15, 0.2) is 0 Å². The summed E-state index contributed by atoms with van der Waals surface area (Å²) in [5, 5.41) is 0. The van der Waals surface area contributed by atoms with Crippen molar-refractivity contribution >= 4 is 0 Å². The average Bonchev–Trinajstić information content (AvgIpc) is 2.45. The Bertz CT molecular complexity index is 84.3. The Balaban J connectivity index is 0.000000500. The fourth-order valence-corrected chi connectivity index (χ4v) is 2.46. The third-order valence-corrected chi connectivity index (χ3v) is 3.03. The first-order valence-corrected chi connectivity index (χ1v) is 4.26. The normalized spacial score (nSPS) is 28.8. The molecule has 60 valence electrons. The molecule has 2 fully saturated rings. The quantitative estimate of drug-likeness (QED) is 0.360. The Morgan fingerprint density at radius 3 is 1.20 bits per heavy atom. The predicted molar refractivity (Wildman–Crippen MR) is 38.2 cm³/mol. The van der Waals surface area contributed by atoms with Crippen molar-refractivity contribution in [2.24, 2.45) is 0 Å². The molecule has 2 aliphatic rings. The van der Waals surface area contributed by atoms with Crippen molar-refractivity contribution in [2.75, 3.05) is 26.2 Å². The molecule has 2 aliphatic heterocycles. The van der Waals surface area contributed by atoms with Gasteiger partial charge in [-0.1, -0.05) is 0 Å². The third kappa shape index (κ3) is 1.47. The molecule has 0 unspecified atom stereocenters. The van der Waals surface area contributed by atoms with Crippen LogP contribution in [0.1, 0.15) is 25.7 Å². The maximum atomic E-state index is 1.50. The molecule has 0 aliphatic carbocycles. The van der Waals surface area contributed by atoms with Crippen molar-refractivity contribution in [3.05, 3.63) is 0 Å². The molecule has 0 N–H and O–H groups in total. The van der Waals surface area contributed by atoms with Crippen LogP contribution in [0.3, 0.4) is 0 Å². The van der Waals surface area contributed by atoms with Gasteiger partial charge < -0.3 is 28.5 Å². The molecule has 1 spiro atoms. The molecule has 0 aromatic carbocycles. The summed E-state index contributed by atoms with van der Waals surface area (Å²) in [4.78, 5) is 0. The molecule has 2 rings (SSSR count). The van der Waals surface area contributed by atoms with E-state index in [2.05, 4.69) is 0 Å². The number of rotatable bonds is 0. The number of hydrogen-bond donors (Lipinski definition) is 0. The Labute approximate surface area is 80.4 Å². The van der Waals surface area contributed by atoms with Crippen LogP contribution in [0.5, 0.6) is 0 Å². The van der Waals surface area contributed by atoms with Gasteiger partial charge in [-0.25, -0.2) is 0 Å². The van der Waals surface area contributed by atoms with Crippen LogP contribution < -0.4 is 24.0 Å². The highest BCUT2D eigenvalue weighted by Gasteiger charge is 2.34. The lowest BCUT2D eigenvalue weighted by atomic mass is 10.4. The van der Waals surface area contributed by atoms with Crippen molar-refractivity contribution in [1.29, 1.82) is 0 Å². The van der Waals surface area contributed by atoms with E-state index < -0.39 is 0 Å². The van der Waals surface area contributed by atoms with Crippen molar-refractivity contribution in [3.8, 4) is 0 Å². The monoisotopic (exact) mass is 253 g/mol. The standard InChI is InChI=1S/C8H16N.HI/c1-2-6-9(5-1)7-3-4-8-9;/h1-8H2;1H/q+1;/p-1. The van der Waals surface area contributed by atoms with Crippen LogP contribution in [-0.4, -0.2) is 30.7 Å². The number of nitrogens with zero attached hydrogens (tertiary/aromatic N) is 1. The first kappa shape index (κ1) is 8.78. The van der Waals surface area contributed by atoms with Gasteiger partial charge in [0.1, 0.15) is 0 Å². The maximum Gasteiger partial charge on any atom is 0.0788 e. The summed E-state index contributed by atoms with van der Waals surface area (Å²) in [6, 6.07) is 0. The largest absolute Gasteiger partial charge is 1.00 e. The average molecular weight is 253 g/mol. The van der Waals surface area contributed by atoms with E-state index >= 15 is 0 Å². The Morgan fingerprint density at radius 1 is 0.600 bits per heavy atom. The Kier molecular flexibility index (Phi) is 2.98. The summed E-state index contributed by atoms with van der Waals surface area (Å²) in [6.45, 7) is 6.00. The first-order valence-electron chi connectivity index (χ1n) is 4.26. The second kappa shape index (κ2) is 3.39. The van der Waals surface area contributed by atoms with Crippen LogP contribution >= 0.6 is 0 Å². The van der Waals surface area contributed by atoms with E-state index in [1.807, 2.05) is 0 Å². The molecule has 2 saturated heterocycles. The zero-order valence-corrected chi connectivity index (χ0v) is 8.64. The topological polar surface area (TPSA) is 0 Å². The molecule has 0 atom stereocenters. The van der Waals surface area contributed by atoms with Crippen LogP contribution in [0, 0.1) is 0 Å². The summed E-state index contributed by atoms with van der Waals surface area (Å²) >= 11 is 0. The fraction of sp³-hybridized carbons (Fsp3) is 1.00. The third-order valence-electron chi connectivity index (χ3n) is 3.03. The highest BCUT2D eigenvalue weighted by atomic mass is 127. The van der Waals surface area contributed by atoms with Gasteiger partial charge in [-0.3, -0.25) is 0 Å². The molecule has 0 aromatic heterocycles. The predicted octanol–water partition coefficient (Wildman–Crippen LogP) is -1.61. The number of hydrogen-bond acceptors (Lipinski definition) is 0.